The minimum absolute atomic E-state index is 0.0401. The second-order valence-electron chi connectivity index (χ2n) is 6.45. The zero-order valence-electron chi connectivity index (χ0n) is 15.4. The highest BCUT2D eigenvalue weighted by molar-refractivity contribution is 6.31. The van der Waals surface area contributed by atoms with Crippen molar-refractivity contribution in [2.45, 2.75) is 27.4 Å². The topological polar surface area (TPSA) is 75.1 Å². The summed E-state index contributed by atoms with van der Waals surface area (Å²) in [5.41, 5.74) is 5.71. The van der Waals surface area contributed by atoms with Crippen molar-refractivity contribution >= 4 is 23.2 Å². The molecule has 0 aliphatic rings. The molecule has 3 aromatic rings. The van der Waals surface area contributed by atoms with Crippen LogP contribution in [-0.2, 0) is 6.61 Å². The molecule has 0 aliphatic carbocycles. The number of carbonyl (C=O) groups excluding carboxylic acids is 1. The first-order chi connectivity index (χ1) is 12.9. The summed E-state index contributed by atoms with van der Waals surface area (Å²) < 4.78 is 0. The van der Waals surface area contributed by atoms with E-state index in [1.807, 2.05) is 51.1 Å². The van der Waals surface area contributed by atoms with Crippen LogP contribution in [0.25, 0.3) is 11.3 Å². The Labute approximate surface area is 163 Å². The van der Waals surface area contributed by atoms with Crippen molar-refractivity contribution in [2.24, 2.45) is 0 Å². The first-order valence-electron chi connectivity index (χ1n) is 8.51. The number of hydrogen-bond acceptors (Lipinski definition) is 4. The molecule has 0 unspecified atom stereocenters. The molecule has 0 saturated carbocycles. The van der Waals surface area contributed by atoms with Gasteiger partial charge in [0.2, 0.25) is 5.82 Å². The van der Waals surface area contributed by atoms with Gasteiger partial charge in [0.15, 0.2) is 0 Å². The van der Waals surface area contributed by atoms with Crippen LogP contribution in [0.5, 0.6) is 0 Å². The lowest BCUT2D eigenvalue weighted by molar-refractivity contribution is 0.101. The number of rotatable bonds is 4. The molecule has 138 valence electrons. The normalized spacial score (nSPS) is 10.7. The van der Waals surface area contributed by atoms with E-state index in [0.717, 1.165) is 27.8 Å². The van der Waals surface area contributed by atoms with Crippen LogP contribution in [0.15, 0.2) is 42.6 Å². The van der Waals surface area contributed by atoms with Gasteiger partial charge in [0, 0.05) is 22.5 Å². The number of aryl methyl sites for hydroxylation is 3. The van der Waals surface area contributed by atoms with Gasteiger partial charge in [-0.3, -0.25) is 4.79 Å². The Balaban J connectivity index is 1.89. The standard InChI is InChI=1S/C21H20ClN3O2/c1-12-10-16(4-5-17(12)22)18-6-7-23-20(24-18)21(27)25-19-13(2)8-15(11-26)9-14(19)3/h4-10,26H,11H2,1-3H3,(H,25,27). The Hall–Kier alpha value is -2.76. The number of aliphatic hydroxyl groups excluding tert-OH is 1. The molecule has 1 heterocycles. The first-order valence-corrected chi connectivity index (χ1v) is 8.88. The summed E-state index contributed by atoms with van der Waals surface area (Å²) in [4.78, 5) is 21.2. The molecule has 6 heteroatoms. The highest BCUT2D eigenvalue weighted by Gasteiger charge is 2.14. The fraction of sp³-hybridized carbons (Fsp3) is 0.190. The van der Waals surface area contributed by atoms with Gasteiger partial charge in [0.25, 0.3) is 5.91 Å². The number of amides is 1. The van der Waals surface area contributed by atoms with Gasteiger partial charge in [-0.25, -0.2) is 9.97 Å². The van der Waals surface area contributed by atoms with Crippen molar-refractivity contribution in [2.75, 3.05) is 5.32 Å². The summed E-state index contributed by atoms with van der Waals surface area (Å²) in [6, 6.07) is 11.0. The molecule has 0 atom stereocenters. The van der Waals surface area contributed by atoms with E-state index in [4.69, 9.17) is 11.6 Å². The van der Waals surface area contributed by atoms with Crippen LogP contribution < -0.4 is 5.32 Å². The number of nitrogens with zero attached hydrogens (tertiary/aromatic N) is 2. The number of nitrogens with one attached hydrogen (secondary N) is 1. The maximum atomic E-state index is 12.7. The number of halogens is 1. The second-order valence-corrected chi connectivity index (χ2v) is 6.85. The minimum atomic E-state index is -0.384. The lowest BCUT2D eigenvalue weighted by Gasteiger charge is -2.13. The summed E-state index contributed by atoms with van der Waals surface area (Å²) >= 11 is 6.08. The third kappa shape index (κ3) is 4.15. The van der Waals surface area contributed by atoms with E-state index in [-0.39, 0.29) is 18.3 Å². The van der Waals surface area contributed by atoms with Crippen LogP contribution in [-0.4, -0.2) is 21.0 Å². The van der Waals surface area contributed by atoms with E-state index < -0.39 is 0 Å². The van der Waals surface area contributed by atoms with E-state index in [2.05, 4.69) is 15.3 Å². The van der Waals surface area contributed by atoms with Gasteiger partial charge in [-0.15, -0.1) is 0 Å². The third-order valence-corrected chi connectivity index (χ3v) is 4.75. The molecule has 1 aromatic heterocycles. The Morgan fingerprint density at radius 1 is 1.07 bits per heavy atom. The average Bonchev–Trinajstić information content (AvgIpc) is 2.66. The Bertz CT molecular complexity index is 995. The molecule has 0 bridgehead atoms. The maximum absolute atomic E-state index is 12.7. The summed E-state index contributed by atoms with van der Waals surface area (Å²) in [5, 5.41) is 12.9. The molecule has 1 amide bonds. The average molecular weight is 382 g/mol. The van der Waals surface area contributed by atoms with E-state index in [9.17, 15) is 9.90 Å². The van der Waals surface area contributed by atoms with Crippen LogP contribution >= 0.6 is 11.6 Å². The molecule has 0 saturated heterocycles. The molecule has 5 nitrogen and oxygen atoms in total. The van der Waals surface area contributed by atoms with E-state index in [1.54, 1.807) is 12.3 Å². The highest BCUT2D eigenvalue weighted by atomic mass is 35.5. The molecule has 2 aromatic carbocycles. The summed E-state index contributed by atoms with van der Waals surface area (Å²) in [7, 11) is 0. The molecule has 0 aliphatic heterocycles. The fourth-order valence-corrected chi connectivity index (χ4v) is 3.06. The Morgan fingerprint density at radius 3 is 2.41 bits per heavy atom. The van der Waals surface area contributed by atoms with Gasteiger partial charge in [0.05, 0.1) is 12.3 Å². The maximum Gasteiger partial charge on any atom is 0.293 e. The molecular formula is C21H20ClN3O2. The van der Waals surface area contributed by atoms with Gasteiger partial charge in [0.1, 0.15) is 0 Å². The zero-order valence-corrected chi connectivity index (χ0v) is 16.1. The molecule has 3 rings (SSSR count). The smallest absolute Gasteiger partial charge is 0.293 e. The van der Waals surface area contributed by atoms with Crippen LogP contribution in [0, 0.1) is 20.8 Å². The second kappa shape index (κ2) is 7.86. The van der Waals surface area contributed by atoms with Crippen molar-refractivity contribution < 1.29 is 9.90 Å². The largest absolute Gasteiger partial charge is 0.392 e. The molecule has 0 fully saturated rings. The van der Waals surface area contributed by atoms with Crippen LogP contribution in [0.3, 0.4) is 0 Å². The number of benzene rings is 2. The van der Waals surface area contributed by atoms with Crippen LogP contribution in [0.1, 0.15) is 32.9 Å². The number of aliphatic hydroxyl groups is 1. The summed E-state index contributed by atoms with van der Waals surface area (Å²) in [5.74, 6) is -0.296. The molecule has 27 heavy (non-hydrogen) atoms. The lowest BCUT2D eigenvalue weighted by atomic mass is 10.0. The van der Waals surface area contributed by atoms with Crippen molar-refractivity contribution in [3.05, 3.63) is 75.7 Å². The Morgan fingerprint density at radius 2 is 1.78 bits per heavy atom. The number of carbonyl (C=O) groups is 1. The van der Waals surface area contributed by atoms with Crippen molar-refractivity contribution in [1.29, 1.82) is 0 Å². The van der Waals surface area contributed by atoms with Gasteiger partial charge in [-0.05, 0) is 61.2 Å². The Kier molecular flexibility index (Phi) is 5.54. The predicted molar refractivity (Wildman–Crippen MR) is 107 cm³/mol. The first kappa shape index (κ1) is 19.0. The van der Waals surface area contributed by atoms with Crippen molar-refractivity contribution in [3.63, 3.8) is 0 Å². The summed E-state index contributed by atoms with van der Waals surface area (Å²) in [6.45, 7) is 5.65. The van der Waals surface area contributed by atoms with Crippen molar-refractivity contribution in [3.8, 4) is 11.3 Å². The lowest BCUT2D eigenvalue weighted by Crippen LogP contribution is -2.17. The van der Waals surface area contributed by atoms with Gasteiger partial charge >= 0.3 is 0 Å². The molecule has 0 spiro atoms. The predicted octanol–water partition coefficient (Wildman–Crippen LogP) is 4.47. The van der Waals surface area contributed by atoms with Crippen LogP contribution in [0.4, 0.5) is 5.69 Å². The van der Waals surface area contributed by atoms with Crippen LogP contribution in [0.2, 0.25) is 5.02 Å². The quantitative estimate of drug-likeness (QED) is 0.699. The van der Waals surface area contributed by atoms with Crippen molar-refractivity contribution in [1.82, 2.24) is 9.97 Å². The minimum Gasteiger partial charge on any atom is -0.392 e. The number of anilines is 1. The van der Waals surface area contributed by atoms with Gasteiger partial charge in [-0.1, -0.05) is 29.8 Å². The fourth-order valence-electron chi connectivity index (χ4n) is 2.94. The van der Waals surface area contributed by atoms with Gasteiger partial charge in [-0.2, -0.15) is 0 Å². The van der Waals surface area contributed by atoms with Gasteiger partial charge < -0.3 is 10.4 Å². The highest BCUT2D eigenvalue weighted by Crippen LogP contribution is 2.25. The van der Waals surface area contributed by atoms with E-state index in [0.29, 0.717) is 16.4 Å². The number of hydrogen-bond donors (Lipinski definition) is 2. The number of aromatic nitrogens is 2. The monoisotopic (exact) mass is 381 g/mol. The molecular weight excluding hydrogens is 362 g/mol. The third-order valence-electron chi connectivity index (χ3n) is 4.33. The van der Waals surface area contributed by atoms with E-state index >= 15 is 0 Å². The molecule has 2 N–H and O–H groups in total. The SMILES string of the molecule is Cc1cc(-c2ccnc(C(=O)Nc3c(C)cc(CO)cc3C)n2)ccc1Cl. The summed E-state index contributed by atoms with van der Waals surface area (Å²) in [6.07, 6.45) is 1.57. The zero-order chi connectivity index (χ0) is 19.6. The van der Waals surface area contributed by atoms with E-state index in [1.165, 1.54) is 0 Å². The molecule has 0 radical (unpaired) electrons.